The van der Waals surface area contributed by atoms with E-state index in [2.05, 4.69) is 39.5 Å². The second-order valence-corrected chi connectivity index (χ2v) is 5.26. The maximum Gasteiger partial charge on any atom is 0.133 e. The Hall–Kier alpha value is -1.36. The van der Waals surface area contributed by atoms with E-state index in [0.717, 1.165) is 43.6 Å². The molecule has 5 nitrogen and oxygen atoms in total. The smallest absolute Gasteiger partial charge is 0.133 e. The fourth-order valence-electron chi connectivity index (χ4n) is 2.47. The van der Waals surface area contributed by atoms with E-state index in [-0.39, 0.29) is 0 Å². The second kappa shape index (κ2) is 7.28. The fraction of sp³-hybridized carbons (Fsp3) is 0.714. The van der Waals surface area contributed by atoms with Crippen molar-refractivity contribution in [3.05, 3.63) is 12.4 Å². The summed E-state index contributed by atoms with van der Waals surface area (Å²) >= 11 is 0. The van der Waals surface area contributed by atoms with E-state index in [4.69, 9.17) is 0 Å². The van der Waals surface area contributed by atoms with Gasteiger partial charge in [0.1, 0.15) is 18.0 Å². The standard InChI is InChI=1S/C14H25N5/c1-3-8-19(2)14-9-13(17-11-18-14)16-7-5-12-4-6-15-10-12/h9,11-12,15H,3-8,10H2,1-2H3,(H,16,17,18). The molecule has 0 bridgehead atoms. The summed E-state index contributed by atoms with van der Waals surface area (Å²) in [6, 6.07) is 2.03. The molecular formula is C14H25N5. The predicted octanol–water partition coefficient (Wildman–Crippen LogP) is 1.73. The molecule has 1 aromatic rings. The zero-order valence-corrected chi connectivity index (χ0v) is 12.0. The highest BCUT2D eigenvalue weighted by Crippen LogP contribution is 2.15. The number of nitrogens with one attached hydrogen (secondary N) is 2. The molecule has 1 fully saturated rings. The maximum absolute atomic E-state index is 4.31. The van der Waals surface area contributed by atoms with Gasteiger partial charge < -0.3 is 15.5 Å². The number of hydrogen-bond acceptors (Lipinski definition) is 5. The van der Waals surface area contributed by atoms with Crippen LogP contribution >= 0.6 is 0 Å². The van der Waals surface area contributed by atoms with Crippen molar-refractivity contribution in [2.24, 2.45) is 5.92 Å². The lowest BCUT2D eigenvalue weighted by Gasteiger charge is -2.17. The highest BCUT2D eigenvalue weighted by Gasteiger charge is 2.13. The van der Waals surface area contributed by atoms with Crippen LogP contribution in [-0.4, -0.2) is 43.2 Å². The van der Waals surface area contributed by atoms with E-state index in [0.29, 0.717) is 0 Å². The third kappa shape index (κ3) is 4.35. The third-order valence-electron chi connectivity index (χ3n) is 3.62. The molecule has 1 atom stereocenters. The van der Waals surface area contributed by atoms with Gasteiger partial charge in [0, 0.05) is 26.2 Å². The predicted molar refractivity (Wildman–Crippen MR) is 79.7 cm³/mol. The van der Waals surface area contributed by atoms with Crippen LogP contribution in [0, 0.1) is 5.92 Å². The first kappa shape index (κ1) is 14.1. The normalized spacial score (nSPS) is 18.5. The minimum Gasteiger partial charge on any atom is -0.370 e. The first-order valence-corrected chi connectivity index (χ1v) is 7.27. The number of nitrogens with zero attached hydrogens (tertiary/aromatic N) is 3. The topological polar surface area (TPSA) is 53.1 Å². The molecule has 2 heterocycles. The first-order valence-electron chi connectivity index (χ1n) is 7.27. The van der Waals surface area contributed by atoms with E-state index in [9.17, 15) is 0 Å². The van der Waals surface area contributed by atoms with E-state index < -0.39 is 0 Å². The van der Waals surface area contributed by atoms with Gasteiger partial charge in [-0.1, -0.05) is 6.92 Å². The lowest BCUT2D eigenvalue weighted by Crippen LogP contribution is -2.19. The van der Waals surface area contributed by atoms with Gasteiger partial charge in [-0.15, -0.1) is 0 Å². The number of aromatic nitrogens is 2. The van der Waals surface area contributed by atoms with Crippen molar-refractivity contribution < 1.29 is 0 Å². The fourth-order valence-corrected chi connectivity index (χ4v) is 2.47. The quantitative estimate of drug-likeness (QED) is 0.785. The van der Waals surface area contributed by atoms with E-state index in [1.807, 2.05) is 6.07 Å². The van der Waals surface area contributed by atoms with Crippen molar-refractivity contribution in [2.45, 2.75) is 26.2 Å². The molecule has 1 aliphatic rings. The molecule has 1 aliphatic heterocycles. The van der Waals surface area contributed by atoms with E-state index in [1.54, 1.807) is 6.33 Å². The largest absolute Gasteiger partial charge is 0.370 e. The SMILES string of the molecule is CCCN(C)c1cc(NCCC2CCNC2)ncn1. The van der Waals surface area contributed by atoms with Crippen LogP contribution in [0.1, 0.15) is 26.2 Å². The van der Waals surface area contributed by atoms with Crippen LogP contribution in [0.5, 0.6) is 0 Å². The minimum absolute atomic E-state index is 0.816. The van der Waals surface area contributed by atoms with E-state index in [1.165, 1.54) is 19.4 Å². The summed E-state index contributed by atoms with van der Waals surface area (Å²) in [5, 5.41) is 6.80. The van der Waals surface area contributed by atoms with Crippen molar-refractivity contribution in [1.29, 1.82) is 0 Å². The number of hydrogen-bond donors (Lipinski definition) is 2. The summed E-state index contributed by atoms with van der Waals surface area (Å²) in [5.74, 6) is 2.73. The van der Waals surface area contributed by atoms with Gasteiger partial charge in [0.2, 0.25) is 0 Å². The van der Waals surface area contributed by atoms with Crippen molar-refractivity contribution in [1.82, 2.24) is 15.3 Å². The molecular weight excluding hydrogens is 238 g/mol. The van der Waals surface area contributed by atoms with Gasteiger partial charge in [-0.25, -0.2) is 9.97 Å². The molecule has 0 aliphatic carbocycles. The Morgan fingerprint density at radius 2 is 2.37 bits per heavy atom. The van der Waals surface area contributed by atoms with Crippen LogP contribution in [0.2, 0.25) is 0 Å². The zero-order chi connectivity index (χ0) is 13.5. The lowest BCUT2D eigenvalue weighted by atomic mass is 10.1. The Kier molecular flexibility index (Phi) is 5.39. The Bertz CT molecular complexity index is 376. The first-order chi connectivity index (χ1) is 9.29. The van der Waals surface area contributed by atoms with Crippen molar-refractivity contribution >= 4 is 11.6 Å². The minimum atomic E-state index is 0.816. The Morgan fingerprint density at radius 1 is 1.47 bits per heavy atom. The summed E-state index contributed by atoms with van der Waals surface area (Å²) in [6.07, 6.45) is 5.27. The van der Waals surface area contributed by atoms with Crippen molar-refractivity contribution in [2.75, 3.05) is 43.4 Å². The molecule has 19 heavy (non-hydrogen) atoms. The molecule has 106 valence electrons. The molecule has 1 unspecified atom stereocenters. The van der Waals surface area contributed by atoms with Gasteiger partial charge in [0.15, 0.2) is 0 Å². The number of rotatable bonds is 7. The van der Waals surface area contributed by atoms with Crippen LogP contribution in [0.4, 0.5) is 11.6 Å². The highest BCUT2D eigenvalue weighted by molar-refractivity contribution is 5.47. The Labute approximate surface area is 115 Å². The lowest BCUT2D eigenvalue weighted by molar-refractivity contribution is 0.549. The molecule has 2 N–H and O–H groups in total. The van der Waals surface area contributed by atoms with Gasteiger partial charge in [-0.3, -0.25) is 0 Å². The number of anilines is 2. The summed E-state index contributed by atoms with van der Waals surface area (Å²) in [6.45, 7) is 6.51. The van der Waals surface area contributed by atoms with Crippen LogP contribution in [0.25, 0.3) is 0 Å². The van der Waals surface area contributed by atoms with Crippen molar-refractivity contribution in [3.8, 4) is 0 Å². The molecule has 0 spiro atoms. The second-order valence-electron chi connectivity index (χ2n) is 5.26. The Morgan fingerprint density at radius 3 is 3.11 bits per heavy atom. The molecule has 0 aromatic carbocycles. The molecule has 2 rings (SSSR count). The molecule has 1 saturated heterocycles. The van der Waals surface area contributed by atoms with Crippen LogP contribution < -0.4 is 15.5 Å². The monoisotopic (exact) mass is 263 g/mol. The molecule has 5 heteroatoms. The molecule has 1 aromatic heterocycles. The van der Waals surface area contributed by atoms with Crippen molar-refractivity contribution in [3.63, 3.8) is 0 Å². The zero-order valence-electron chi connectivity index (χ0n) is 12.0. The summed E-state index contributed by atoms with van der Waals surface area (Å²) in [4.78, 5) is 10.8. The molecule has 0 amide bonds. The molecule has 0 radical (unpaired) electrons. The van der Waals surface area contributed by atoms with Gasteiger partial charge in [-0.2, -0.15) is 0 Å². The van der Waals surface area contributed by atoms with E-state index >= 15 is 0 Å². The highest BCUT2D eigenvalue weighted by atomic mass is 15.2. The van der Waals surface area contributed by atoms with Gasteiger partial charge in [0.05, 0.1) is 0 Å². The van der Waals surface area contributed by atoms with Crippen LogP contribution in [0.3, 0.4) is 0 Å². The maximum atomic E-state index is 4.31. The molecule has 0 saturated carbocycles. The summed E-state index contributed by atoms with van der Waals surface area (Å²) in [5.41, 5.74) is 0. The van der Waals surface area contributed by atoms with Crippen LogP contribution in [0.15, 0.2) is 12.4 Å². The summed E-state index contributed by atoms with van der Waals surface area (Å²) < 4.78 is 0. The van der Waals surface area contributed by atoms with Gasteiger partial charge in [0.25, 0.3) is 0 Å². The average molecular weight is 263 g/mol. The Balaban J connectivity index is 1.80. The van der Waals surface area contributed by atoms with Crippen LogP contribution in [-0.2, 0) is 0 Å². The van der Waals surface area contributed by atoms with Gasteiger partial charge in [-0.05, 0) is 38.3 Å². The summed E-state index contributed by atoms with van der Waals surface area (Å²) in [7, 11) is 2.07. The average Bonchev–Trinajstić information content (AvgIpc) is 2.93. The van der Waals surface area contributed by atoms with Gasteiger partial charge >= 0.3 is 0 Å². The third-order valence-corrected chi connectivity index (χ3v) is 3.62.